The molecule has 2 saturated heterocycles. The van der Waals surface area contributed by atoms with Gasteiger partial charge in [0, 0.05) is 49.3 Å². The third-order valence-electron chi connectivity index (χ3n) is 7.44. The number of aromatic amines is 1. The monoisotopic (exact) mass is 423 g/mol. The number of para-hydroxylation sites is 1. The van der Waals surface area contributed by atoms with Crippen LogP contribution >= 0.6 is 0 Å². The van der Waals surface area contributed by atoms with Gasteiger partial charge in [0.1, 0.15) is 0 Å². The van der Waals surface area contributed by atoms with E-state index in [1.165, 1.54) is 0 Å². The van der Waals surface area contributed by atoms with Crippen LogP contribution in [0.3, 0.4) is 0 Å². The number of aromatic nitrogens is 1. The molecule has 1 saturated carbocycles. The zero-order chi connectivity index (χ0) is 21.3. The van der Waals surface area contributed by atoms with Gasteiger partial charge in [-0.25, -0.2) is 0 Å². The highest BCUT2D eigenvalue weighted by Crippen LogP contribution is 2.39. The molecule has 1 aromatic carbocycles. The van der Waals surface area contributed by atoms with Crippen LogP contribution in [0.1, 0.15) is 50.5 Å². The van der Waals surface area contributed by atoms with Gasteiger partial charge in [-0.15, -0.1) is 0 Å². The van der Waals surface area contributed by atoms with E-state index in [2.05, 4.69) is 16.4 Å². The van der Waals surface area contributed by atoms with E-state index >= 15 is 0 Å². The summed E-state index contributed by atoms with van der Waals surface area (Å²) in [6, 6.07) is 8.14. The van der Waals surface area contributed by atoms with E-state index in [0.717, 1.165) is 87.7 Å². The van der Waals surface area contributed by atoms with Crippen molar-refractivity contribution in [2.24, 2.45) is 11.8 Å². The molecule has 1 spiro atoms. The highest BCUT2D eigenvalue weighted by Gasteiger charge is 2.41. The third kappa shape index (κ3) is 4.64. The number of hydrogen-bond acceptors (Lipinski definition) is 3. The van der Waals surface area contributed by atoms with Gasteiger partial charge in [-0.1, -0.05) is 18.2 Å². The first-order chi connectivity index (χ1) is 15.1. The van der Waals surface area contributed by atoms with Gasteiger partial charge in [0.15, 0.2) is 0 Å². The Morgan fingerprint density at radius 2 is 1.97 bits per heavy atom. The smallest absolute Gasteiger partial charge is 0.227 e. The third-order valence-corrected chi connectivity index (χ3v) is 7.44. The first-order valence-electron chi connectivity index (χ1n) is 11.9. The molecule has 166 valence electrons. The molecule has 0 radical (unpaired) electrons. The fourth-order valence-electron chi connectivity index (χ4n) is 5.33. The van der Waals surface area contributed by atoms with Crippen LogP contribution in [0.5, 0.6) is 0 Å². The minimum Gasteiger partial charge on any atom is -0.375 e. The van der Waals surface area contributed by atoms with Crippen molar-refractivity contribution in [1.82, 2.24) is 15.2 Å². The second-order valence-corrected chi connectivity index (χ2v) is 9.66. The molecule has 2 N–H and O–H groups in total. The normalized spacial score (nSPS) is 23.2. The van der Waals surface area contributed by atoms with Crippen molar-refractivity contribution in [3.8, 4) is 0 Å². The molecule has 3 fully saturated rings. The first kappa shape index (κ1) is 20.6. The maximum Gasteiger partial charge on any atom is 0.227 e. The Labute approximate surface area is 183 Å². The molecule has 2 aromatic rings. The van der Waals surface area contributed by atoms with Crippen LogP contribution < -0.4 is 5.32 Å². The molecule has 5 rings (SSSR count). The number of piperidine rings is 1. The van der Waals surface area contributed by atoms with Gasteiger partial charge in [-0.3, -0.25) is 9.59 Å². The molecule has 31 heavy (non-hydrogen) atoms. The number of nitrogens with one attached hydrogen (secondary N) is 2. The lowest BCUT2D eigenvalue weighted by molar-refractivity contribution is -0.146. The van der Waals surface area contributed by atoms with Crippen LogP contribution in [-0.2, 0) is 20.7 Å². The molecule has 6 nitrogen and oxygen atoms in total. The maximum absolute atomic E-state index is 12.9. The Balaban J connectivity index is 1.11. The Morgan fingerprint density at radius 1 is 1.16 bits per heavy atom. The standard InChI is InChI=1S/C25H33N3O3/c29-23(15-20-17-27-22-4-2-1-3-21(20)22)28-12-9-25(10-13-28)16-18(8-14-31-25)7-11-26-24(30)19-5-6-19/h1-4,17-19,27H,5-16H2,(H,26,30). The molecule has 1 unspecified atom stereocenters. The number of H-pyrrole nitrogens is 1. The molecular weight excluding hydrogens is 390 g/mol. The average Bonchev–Trinajstić information content (AvgIpc) is 3.56. The fraction of sp³-hybridized carbons (Fsp3) is 0.600. The predicted molar refractivity (Wildman–Crippen MR) is 120 cm³/mol. The molecule has 2 aliphatic heterocycles. The molecule has 1 atom stereocenters. The molecule has 3 aliphatic rings. The van der Waals surface area contributed by atoms with E-state index < -0.39 is 0 Å². The van der Waals surface area contributed by atoms with Crippen molar-refractivity contribution >= 4 is 22.7 Å². The number of amides is 2. The zero-order valence-electron chi connectivity index (χ0n) is 18.2. The van der Waals surface area contributed by atoms with Crippen LogP contribution in [0, 0.1) is 11.8 Å². The topological polar surface area (TPSA) is 74.4 Å². The summed E-state index contributed by atoms with van der Waals surface area (Å²) in [4.78, 5) is 30.1. The van der Waals surface area contributed by atoms with E-state index in [1.54, 1.807) is 0 Å². The SMILES string of the molecule is O=C(NCCC1CCOC2(CCN(C(=O)Cc3c[nH]c4ccccc34)CC2)C1)C1CC1. The van der Waals surface area contributed by atoms with Gasteiger partial charge >= 0.3 is 0 Å². The van der Waals surface area contributed by atoms with Crippen molar-refractivity contribution in [3.63, 3.8) is 0 Å². The molecule has 0 bridgehead atoms. The number of rotatable bonds is 6. The average molecular weight is 424 g/mol. The van der Waals surface area contributed by atoms with Crippen molar-refractivity contribution in [3.05, 3.63) is 36.0 Å². The summed E-state index contributed by atoms with van der Waals surface area (Å²) in [5, 5.41) is 4.24. The second-order valence-electron chi connectivity index (χ2n) is 9.66. The number of fused-ring (bicyclic) bond motifs is 1. The molecule has 1 aromatic heterocycles. The Kier molecular flexibility index (Phi) is 5.74. The lowest BCUT2D eigenvalue weighted by atomic mass is 9.78. The largest absolute Gasteiger partial charge is 0.375 e. The number of likely N-dealkylation sites (tertiary alicyclic amines) is 1. The van der Waals surface area contributed by atoms with Gasteiger partial charge < -0.3 is 19.9 Å². The van der Waals surface area contributed by atoms with Crippen LogP contribution in [0.25, 0.3) is 10.9 Å². The quantitative estimate of drug-likeness (QED) is 0.748. The van der Waals surface area contributed by atoms with E-state index in [0.29, 0.717) is 12.3 Å². The van der Waals surface area contributed by atoms with E-state index in [9.17, 15) is 9.59 Å². The first-order valence-corrected chi connectivity index (χ1v) is 11.9. The Morgan fingerprint density at radius 3 is 2.77 bits per heavy atom. The Hall–Kier alpha value is -2.34. The van der Waals surface area contributed by atoms with Gasteiger partial charge in [-0.05, 0) is 62.5 Å². The lowest BCUT2D eigenvalue weighted by Crippen LogP contribution is -2.51. The van der Waals surface area contributed by atoms with Crippen molar-refractivity contribution in [2.75, 3.05) is 26.2 Å². The predicted octanol–water partition coefficient (Wildman–Crippen LogP) is 3.41. The molecule has 1 aliphatic carbocycles. The van der Waals surface area contributed by atoms with E-state index in [-0.39, 0.29) is 23.3 Å². The summed E-state index contributed by atoms with van der Waals surface area (Å²) >= 11 is 0. The number of benzene rings is 1. The summed E-state index contributed by atoms with van der Waals surface area (Å²) < 4.78 is 6.27. The molecule has 3 heterocycles. The van der Waals surface area contributed by atoms with Gasteiger partial charge in [0.05, 0.1) is 12.0 Å². The molecule has 6 heteroatoms. The van der Waals surface area contributed by atoms with Crippen molar-refractivity contribution in [2.45, 2.75) is 57.0 Å². The number of ether oxygens (including phenoxy) is 1. The maximum atomic E-state index is 12.9. The highest BCUT2D eigenvalue weighted by atomic mass is 16.5. The van der Waals surface area contributed by atoms with E-state index in [1.807, 2.05) is 29.3 Å². The Bertz CT molecular complexity index is 940. The van der Waals surface area contributed by atoms with Gasteiger partial charge in [-0.2, -0.15) is 0 Å². The number of carbonyl (C=O) groups excluding carboxylic acids is 2. The van der Waals surface area contributed by atoms with Crippen LogP contribution in [0.2, 0.25) is 0 Å². The fourth-order valence-corrected chi connectivity index (χ4v) is 5.33. The zero-order valence-corrected chi connectivity index (χ0v) is 18.2. The summed E-state index contributed by atoms with van der Waals surface area (Å²) in [6.45, 7) is 3.12. The van der Waals surface area contributed by atoms with Crippen LogP contribution in [-0.4, -0.2) is 53.5 Å². The van der Waals surface area contributed by atoms with Gasteiger partial charge in [0.25, 0.3) is 0 Å². The van der Waals surface area contributed by atoms with Crippen molar-refractivity contribution < 1.29 is 14.3 Å². The lowest BCUT2D eigenvalue weighted by Gasteiger charge is -2.46. The number of nitrogens with zero attached hydrogens (tertiary/aromatic N) is 1. The summed E-state index contributed by atoms with van der Waals surface area (Å²) in [7, 11) is 0. The second kappa shape index (κ2) is 8.65. The summed E-state index contributed by atoms with van der Waals surface area (Å²) in [5.41, 5.74) is 2.07. The highest BCUT2D eigenvalue weighted by molar-refractivity contribution is 5.89. The minimum atomic E-state index is -0.0824. The minimum absolute atomic E-state index is 0.0824. The van der Waals surface area contributed by atoms with Crippen LogP contribution in [0.15, 0.2) is 30.5 Å². The van der Waals surface area contributed by atoms with E-state index in [4.69, 9.17) is 4.74 Å². The van der Waals surface area contributed by atoms with Gasteiger partial charge in [0.2, 0.25) is 11.8 Å². The molecular formula is C25H33N3O3. The molecule has 2 amide bonds. The van der Waals surface area contributed by atoms with Crippen molar-refractivity contribution in [1.29, 1.82) is 0 Å². The summed E-state index contributed by atoms with van der Waals surface area (Å²) in [5.74, 6) is 1.33. The summed E-state index contributed by atoms with van der Waals surface area (Å²) in [6.07, 6.45) is 9.51. The number of hydrogen-bond donors (Lipinski definition) is 2. The number of carbonyl (C=O) groups is 2. The van der Waals surface area contributed by atoms with Crippen LogP contribution in [0.4, 0.5) is 0 Å².